The van der Waals surface area contributed by atoms with Crippen LogP contribution >= 0.6 is 0 Å². The lowest BCUT2D eigenvalue weighted by Gasteiger charge is -2.17. The number of allylic oxidation sites excluding steroid dienone is 4. The molecule has 4 rings (SSSR count). The quantitative estimate of drug-likeness (QED) is 0.528. The second-order valence-electron chi connectivity index (χ2n) is 6.58. The fraction of sp³-hybridized carbons (Fsp3) is 0.120. The Balaban J connectivity index is 1.47. The molecule has 128 valence electrons. The van der Waals surface area contributed by atoms with Crippen LogP contribution in [0.4, 0.5) is 0 Å². The molecule has 0 saturated heterocycles. The molecular weight excluding hydrogens is 316 g/mol. The first-order valence-corrected chi connectivity index (χ1v) is 9.01. The van der Waals surface area contributed by atoms with Gasteiger partial charge in [0.15, 0.2) is 0 Å². The zero-order valence-corrected chi connectivity index (χ0v) is 14.9. The zero-order chi connectivity index (χ0) is 17.8. The lowest BCUT2D eigenvalue weighted by Crippen LogP contribution is -1.98. The van der Waals surface area contributed by atoms with Crippen molar-refractivity contribution in [2.24, 2.45) is 0 Å². The smallest absolute Gasteiger partial charge is 0.118 e. The van der Waals surface area contributed by atoms with Crippen molar-refractivity contribution in [2.45, 2.75) is 12.3 Å². The Morgan fingerprint density at radius 1 is 0.731 bits per heavy atom. The molecule has 0 radical (unpaired) electrons. The van der Waals surface area contributed by atoms with Crippen LogP contribution in [-0.2, 0) is 0 Å². The lowest BCUT2D eigenvalue weighted by molar-refractivity contribution is 0.415. The van der Waals surface area contributed by atoms with Crippen molar-refractivity contribution in [3.8, 4) is 16.9 Å². The van der Waals surface area contributed by atoms with Crippen molar-refractivity contribution in [2.75, 3.05) is 7.11 Å². The van der Waals surface area contributed by atoms with Gasteiger partial charge in [0, 0.05) is 5.92 Å². The second-order valence-corrected chi connectivity index (χ2v) is 6.58. The highest BCUT2D eigenvalue weighted by molar-refractivity contribution is 5.75. The minimum atomic E-state index is 0.446. The van der Waals surface area contributed by atoms with E-state index in [1.807, 2.05) is 12.1 Å². The summed E-state index contributed by atoms with van der Waals surface area (Å²) in [6.07, 6.45) is 7.91. The van der Waals surface area contributed by atoms with Crippen molar-refractivity contribution in [3.63, 3.8) is 0 Å². The molecule has 0 spiro atoms. The Morgan fingerprint density at radius 2 is 1.38 bits per heavy atom. The maximum Gasteiger partial charge on any atom is 0.118 e. The zero-order valence-electron chi connectivity index (χ0n) is 14.9. The van der Waals surface area contributed by atoms with Crippen LogP contribution in [0.3, 0.4) is 0 Å². The van der Waals surface area contributed by atoms with Gasteiger partial charge in [-0.3, -0.25) is 0 Å². The van der Waals surface area contributed by atoms with Crippen molar-refractivity contribution in [3.05, 3.63) is 108 Å². The molecule has 3 aromatic carbocycles. The molecule has 1 unspecified atom stereocenters. The second kappa shape index (κ2) is 7.45. The van der Waals surface area contributed by atoms with E-state index in [4.69, 9.17) is 4.74 Å². The number of ether oxygens (including phenoxy) is 1. The first kappa shape index (κ1) is 16.4. The third-order valence-electron chi connectivity index (χ3n) is 4.97. The first-order valence-electron chi connectivity index (χ1n) is 9.01. The fourth-order valence-corrected chi connectivity index (χ4v) is 3.42. The Labute approximate surface area is 155 Å². The van der Waals surface area contributed by atoms with Crippen LogP contribution in [-0.4, -0.2) is 7.11 Å². The summed E-state index contributed by atoms with van der Waals surface area (Å²) in [7, 11) is 1.70. The summed E-state index contributed by atoms with van der Waals surface area (Å²) < 4.78 is 5.24. The molecule has 0 fully saturated rings. The largest absolute Gasteiger partial charge is 0.497 e. The predicted octanol–water partition coefficient (Wildman–Crippen LogP) is 6.49. The number of benzene rings is 3. The van der Waals surface area contributed by atoms with Gasteiger partial charge >= 0.3 is 0 Å². The average Bonchev–Trinajstić information content (AvgIpc) is 2.75. The summed E-state index contributed by atoms with van der Waals surface area (Å²) in [5, 5.41) is 0. The minimum Gasteiger partial charge on any atom is -0.497 e. The van der Waals surface area contributed by atoms with E-state index in [0.29, 0.717) is 5.92 Å². The molecule has 0 aliphatic heterocycles. The van der Waals surface area contributed by atoms with E-state index in [-0.39, 0.29) is 0 Å². The fourth-order valence-electron chi connectivity index (χ4n) is 3.42. The summed E-state index contributed by atoms with van der Waals surface area (Å²) in [5.41, 5.74) is 6.42. The van der Waals surface area contributed by atoms with Gasteiger partial charge in [-0.05, 0) is 46.4 Å². The van der Waals surface area contributed by atoms with E-state index in [1.54, 1.807) is 7.11 Å². The highest BCUT2D eigenvalue weighted by Gasteiger charge is 2.12. The molecule has 3 aromatic rings. The van der Waals surface area contributed by atoms with E-state index < -0.39 is 0 Å². The molecule has 1 aliphatic carbocycles. The van der Waals surface area contributed by atoms with Gasteiger partial charge in [0.25, 0.3) is 0 Å². The van der Waals surface area contributed by atoms with Gasteiger partial charge in [-0.15, -0.1) is 0 Å². The molecule has 0 saturated carbocycles. The highest BCUT2D eigenvalue weighted by atomic mass is 16.5. The molecule has 1 aliphatic rings. The Bertz CT molecular complexity index is 916. The summed E-state index contributed by atoms with van der Waals surface area (Å²) in [5.74, 6) is 1.34. The highest BCUT2D eigenvalue weighted by Crippen LogP contribution is 2.32. The standard InChI is InChI=1S/C25H22O/c1-26-25-17-15-24(16-18-25)23-13-11-22(12-14-23)21-9-7-20(8-10-21)19-5-3-2-4-6-19/h2-11,13-18,22H,12H2,1H3. The molecule has 0 N–H and O–H groups in total. The van der Waals surface area contributed by atoms with E-state index in [1.165, 1.54) is 27.8 Å². The summed E-state index contributed by atoms with van der Waals surface area (Å²) in [4.78, 5) is 0. The van der Waals surface area contributed by atoms with Crippen LogP contribution in [0.1, 0.15) is 23.5 Å². The Hall–Kier alpha value is -3.06. The third-order valence-corrected chi connectivity index (χ3v) is 4.97. The molecule has 0 aromatic heterocycles. The summed E-state index contributed by atoms with van der Waals surface area (Å²) in [6.45, 7) is 0. The monoisotopic (exact) mass is 338 g/mol. The Kier molecular flexibility index (Phi) is 4.70. The maximum atomic E-state index is 5.24. The van der Waals surface area contributed by atoms with Gasteiger partial charge in [0.05, 0.1) is 7.11 Å². The van der Waals surface area contributed by atoms with Gasteiger partial charge in [-0.2, -0.15) is 0 Å². The van der Waals surface area contributed by atoms with E-state index in [9.17, 15) is 0 Å². The van der Waals surface area contributed by atoms with Crippen LogP contribution in [0.15, 0.2) is 97.1 Å². The van der Waals surface area contributed by atoms with Crippen LogP contribution in [0.25, 0.3) is 16.7 Å². The topological polar surface area (TPSA) is 9.23 Å². The molecule has 0 heterocycles. The number of methoxy groups -OCH3 is 1. The number of hydrogen-bond acceptors (Lipinski definition) is 1. The van der Waals surface area contributed by atoms with Crippen molar-refractivity contribution in [1.82, 2.24) is 0 Å². The van der Waals surface area contributed by atoms with Gasteiger partial charge in [0.2, 0.25) is 0 Å². The number of hydrogen-bond donors (Lipinski definition) is 0. The molecule has 0 amide bonds. The van der Waals surface area contributed by atoms with Crippen LogP contribution in [0, 0.1) is 0 Å². The molecule has 1 heteroatoms. The van der Waals surface area contributed by atoms with Crippen LogP contribution < -0.4 is 4.74 Å². The van der Waals surface area contributed by atoms with Crippen LogP contribution in [0.5, 0.6) is 5.75 Å². The maximum absolute atomic E-state index is 5.24. The van der Waals surface area contributed by atoms with E-state index in [2.05, 4.69) is 85.0 Å². The first-order chi connectivity index (χ1) is 12.8. The van der Waals surface area contributed by atoms with Gasteiger partial charge in [-0.25, -0.2) is 0 Å². The van der Waals surface area contributed by atoms with Crippen molar-refractivity contribution >= 4 is 5.57 Å². The van der Waals surface area contributed by atoms with Crippen molar-refractivity contribution in [1.29, 1.82) is 0 Å². The lowest BCUT2D eigenvalue weighted by atomic mass is 9.87. The average molecular weight is 338 g/mol. The van der Waals surface area contributed by atoms with Gasteiger partial charge in [-0.1, -0.05) is 85.0 Å². The van der Waals surface area contributed by atoms with Gasteiger partial charge in [0.1, 0.15) is 5.75 Å². The normalized spacial score (nSPS) is 16.2. The van der Waals surface area contributed by atoms with E-state index in [0.717, 1.165) is 12.2 Å². The molecule has 1 atom stereocenters. The summed E-state index contributed by atoms with van der Waals surface area (Å²) >= 11 is 0. The van der Waals surface area contributed by atoms with Crippen LogP contribution in [0.2, 0.25) is 0 Å². The molecule has 1 nitrogen and oxygen atoms in total. The molecule has 0 bridgehead atoms. The van der Waals surface area contributed by atoms with Gasteiger partial charge < -0.3 is 4.74 Å². The minimum absolute atomic E-state index is 0.446. The number of rotatable bonds is 4. The van der Waals surface area contributed by atoms with E-state index >= 15 is 0 Å². The van der Waals surface area contributed by atoms with Crippen molar-refractivity contribution < 1.29 is 4.74 Å². The third kappa shape index (κ3) is 3.48. The molecular formula is C25H22O. The SMILES string of the molecule is COc1ccc(C2=CCC(c3ccc(-c4ccccc4)cc3)C=C2)cc1. The predicted molar refractivity (Wildman–Crippen MR) is 109 cm³/mol. The Morgan fingerprint density at radius 3 is 2.00 bits per heavy atom. The summed E-state index contributed by atoms with van der Waals surface area (Å²) in [6, 6.07) is 27.7. The molecule has 26 heavy (non-hydrogen) atoms.